The van der Waals surface area contributed by atoms with Crippen molar-refractivity contribution in [1.82, 2.24) is 4.57 Å². The first kappa shape index (κ1) is 13.4. The number of aromatic nitrogens is 1. The Labute approximate surface area is 111 Å². The molecule has 5 heteroatoms. The van der Waals surface area contributed by atoms with E-state index in [-0.39, 0.29) is 12.4 Å². The number of carbonyl (C=O) groups excluding carboxylic acids is 1. The second kappa shape index (κ2) is 5.32. The van der Waals surface area contributed by atoms with E-state index in [1.807, 2.05) is 11.5 Å². The zero-order valence-electron chi connectivity index (χ0n) is 11.0. The van der Waals surface area contributed by atoms with Gasteiger partial charge in [0.05, 0.1) is 6.61 Å². The van der Waals surface area contributed by atoms with E-state index in [2.05, 4.69) is 0 Å². The summed E-state index contributed by atoms with van der Waals surface area (Å²) >= 11 is 0. The molecule has 19 heavy (non-hydrogen) atoms. The standard InChI is InChI=1S/C14H17NO4/c1-3-15-8-11(13(17)14(18)19-4-2)10-7-9(16)5-6-12(10)15/h5-8,13,16-17H,3-4H2,1-2H3. The van der Waals surface area contributed by atoms with Gasteiger partial charge in [-0.2, -0.15) is 0 Å². The van der Waals surface area contributed by atoms with Crippen molar-refractivity contribution in [3.63, 3.8) is 0 Å². The molecule has 5 nitrogen and oxygen atoms in total. The number of phenols is 1. The Balaban J connectivity index is 2.53. The number of benzene rings is 1. The highest BCUT2D eigenvalue weighted by Gasteiger charge is 2.23. The third-order valence-corrected chi connectivity index (χ3v) is 3.04. The number of esters is 1. The molecule has 1 aromatic heterocycles. The molecule has 0 aliphatic heterocycles. The minimum Gasteiger partial charge on any atom is -0.508 e. The van der Waals surface area contributed by atoms with Crippen LogP contribution in [0, 0.1) is 0 Å². The van der Waals surface area contributed by atoms with Crippen LogP contribution >= 0.6 is 0 Å². The number of aliphatic hydroxyl groups is 1. The van der Waals surface area contributed by atoms with E-state index in [1.165, 1.54) is 0 Å². The van der Waals surface area contributed by atoms with E-state index < -0.39 is 12.1 Å². The molecule has 0 saturated heterocycles. The van der Waals surface area contributed by atoms with Gasteiger partial charge in [0.25, 0.3) is 0 Å². The third-order valence-electron chi connectivity index (χ3n) is 3.04. The number of rotatable bonds is 4. The van der Waals surface area contributed by atoms with E-state index in [1.54, 1.807) is 31.3 Å². The lowest BCUT2D eigenvalue weighted by Crippen LogP contribution is -2.15. The first-order valence-electron chi connectivity index (χ1n) is 6.25. The van der Waals surface area contributed by atoms with Crippen LogP contribution in [-0.2, 0) is 16.1 Å². The van der Waals surface area contributed by atoms with Crippen LogP contribution in [0.3, 0.4) is 0 Å². The molecule has 1 atom stereocenters. The first-order valence-corrected chi connectivity index (χ1v) is 6.25. The number of fused-ring (bicyclic) bond motifs is 1. The van der Waals surface area contributed by atoms with Gasteiger partial charge >= 0.3 is 5.97 Å². The summed E-state index contributed by atoms with van der Waals surface area (Å²) < 4.78 is 6.73. The van der Waals surface area contributed by atoms with E-state index in [4.69, 9.17) is 4.74 Å². The van der Waals surface area contributed by atoms with Crippen LogP contribution in [0.1, 0.15) is 25.5 Å². The molecule has 1 aromatic carbocycles. The molecule has 2 rings (SSSR count). The number of hydrogen-bond donors (Lipinski definition) is 2. The predicted molar refractivity (Wildman–Crippen MR) is 70.9 cm³/mol. The molecule has 0 fully saturated rings. The predicted octanol–water partition coefficient (Wildman–Crippen LogP) is 1.96. The summed E-state index contributed by atoms with van der Waals surface area (Å²) in [5, 5.41) is 20.3. The van der Waals surface area contributed by atoms with Gasteiger partial charge in [0.15, 0.2) is 6.10 Å². The minimum atomic E-state index is -1.34. The number of carbonyl (C=O) groups is 1. The second-order valence-electron chi connectivity index (χ2n) is 4.23. The van der Waals surface area contributed by atoms with Crippen LogP contribution in [0.25, 0.3) is 10.9 Å². The zero-order valence-corrected chi connectivity index (χ0v) is 11.0. The average Bonchev–Trinajstić information content (AvgIpc) is 2.76. The van der Waals surface area contributed by atoms with Crippen LogP contribution < -0.4 is 0 Å². The van der Waals surface area contributed by atoms with Crippen LogP contribution in [0.2, 0.25) is 0 Å². The van der Waals surface area contributed by atoms with Crippen molar-refractivity contribution in [3.05, 3.63) is 30.0 Å². The smallest absolute Gasteiger partial charge is 0.339 e. The van der Waals surface area contributed by atoms with Gasteiger partial charge in [-0.1, -0.05) is 0 Å². The molecule has 0 aliphatic carbocycles. The third kappa shape index (κ3) is 2.42. The maximum absolute atomic E-state index is 11.6. The molecule has 1 heterocycles. The fourth-order valence-corrected chi connectivity index (χ4v) is 2.14. The summed E-state index contributed by atoms with van der Waals surface area (Å²) in [5.41, 5.74) is 1.31. The van der Waals surface area contributed by atoms with E-state index in [9.17, 15) is 15.0 Å². The van der Waals surface area contributed by atoms with Crippen molar-refractivity contribution in [2.75, 3.05) is 6.61 Å². The van der Waals surface area contributed by atoms with Crippen molar-refractivity contribution >= 4 is 16.9 Å². The topological polar surface area (TPSA) is 71.7 Å². The lowest BCUT2D eigenvalue weighted by molar-refractivity contribution is -0.153. The summed E-state index contributed by atoms with van der Waals surface area (Å²) in [7, 11) is 0. The Morgan fingerprint density at radius 2 is 2.16 bits per heavy atom. The molecule has 2 N–H and O–H groups in total. The largest absolute Gasteiger partial charge is 0.508 e. The molecule has 102 valence electrons. The van der Waals surface area contributed by atoms with Gasteiger partial charge in [-0.25, -0.2) is 4.79 Å². The number of aryl methyl sites for hydroxylation is 1. The molecule has 0 aliphatic rings. The lowest BCUT2D eigenvalue weighted by Gasteiger charge is -2.08. The molecule has 0 amide bonds. The highest BCUT2D eigenvalue weighted by atomic mass is 16.5. The van der Waals surface area contributed by atoms with Crippen LogP contribution in [0.4, 0.5) is 0 Å². The molecule has 0 spiro atoms. The summed E-state index contributed by atoms with van der Waals surface area (Å²) in [4.78, 5) is 11.6. The molecular weight excluding hydrogens is 246 g/mol. The van der Waals surface area contributed by atoms with Crippen LogP contribution in [0.5, 0.6) is 5.75 Å². The maximum atomic E-state index is 11.6. The van der Waals surface area contributed by atoms with Gasteiger partial charge in [0.1, 0.15) is 5.75 Å². The molecule has 0 bridgehead atoms. The average molecular weight is 263 g/mol. The Morgan fingerprint density at radius 3 is 2.79 bits per heavy atom. The van der Waals surface area contributed by atoms with E-state index >= 15 is 0 Å². The van der Waals surface area contributed by atoms with Gasteiger partial charge in [-0.3, -0.25) is 0 Å². The molecule has 2 aromatic rings. The van der Waals surface area contributed by atoms with Crippen molar-refractivity contribution in [2.45, 2.75) is 26.5 Å². The molecule has 0 saturated carbocycles. The number of aromatic hydroxyl groups is 1. The molecule has 0 radical (unpaired) electrons. The van der Waals surface area contributed by atoms with Gasteiger partial charge in [-0.05, 0) is 32.0 Å². The monoisotopic (exact) mass is 263 g/mol. The Hall–Kier alpha value is -2.01. The Kier molecular flexibility index (Phi) is 3.76. The van der Waals surface area contributed by atoms with Crippen molar-refractivity contribution in [3.8, 4) is 5.75 Å². The minimum absolute atomic E-state index is 0.0960. The van der Waals surface area contributed by atoms with E-state index in [0.717, 1.165) is 5.52 Å². The highest BCUT2D eigenvalue weighted by molar-refractivity contribution is 5.90. The van der Waals surface area contributed by atoms with Gasteiger partial charge < -0.3 is 19.5 Å². The lowest BCUT2D eigenvalue weighted by atomic mass is 10.1. The SMILES string of the molecule is CCOC(=O)C(O)c1cn(CC)c2ccc(O)cc12. The van der Waals surface area contributed by atoms with Gasteiger partial charge in [0, 0.05) is 29.2 Å². The van der Waals surface area contributed by atoms with E-state index in [0.29, 0.717) is 17.5 Å². The fraction of sp³-hybridized carbons (Fsp3) is 0.357. The molecule has 1 unspecified atom stereocenters. The number of hydrogen-bond acceptors (Lipinski definition) is 4. The van der Waals surface area contributed by atoms with Crippen molar-refractivity contribution in [2.24, 2.45) is 0 Å². The van der Waals surface area contributed by atoms with Crippen molar-refractivity contribution < 1.29 is 19.7 Å². The number of nitrogens with zero attached hydrogens (tertiary/aromatic N) is 1. The Morgan fingerprint density at radius 1 is 1.42 bits per heavy atom. The van der Waals surface area contributed by atoms with Gasteiger partial charge in [-0.15, -0.1) is 0 Å². The molecular formula is C14H17NO4. The maximum Gasteiger partial charge on any atom is 0.339 e. The number of phenolic OH excluding ortho intramolecular Hbond substituents is 1. The zero-order chi connectivity index (χ0) is 14.0. The quantitative estimate of drug-likeness (QED) is 0.827. The van der Waals surface area contributed by atoms with Gasteiger partial charge in [0.2, 0.25) is 0 Å². The summed E-state index contributed by atoms with van der Waals surface area (Å²) in [6, 6.07) is 4.88. The summed E-state index contributed by atoms with van der Waals surface area (Å²) in [6.07, 6.45) is 0.378. The van der Waals surface area contributed by atoms with Crippen LogP contribution in [-0.4, -0.2) is 27.4 Å². The highest BCUT2D eigenvalue weighted by Crippen LogP contribution is 2.30. The first-order chi connectivity index (χ1) is 9.08. The number of ether oxygens (including phenoxy) is 1. The fourth-order valence-electron chi connectivity index (χ4n) is 2.14. The number of aliphatic hydroxyl groups excluding tert-OH is 1. The van der Waals surface area contributed by atoms with Crippen molar-refractivity contribution in [1.29, 1.82) is 0 Å². The second-order valence-corrected chi connectivity index (χ2v) is 4.23. The van der Waals surface area contributed by atoms with Crippen LogP contribution in [0.15, 0.2) is 24.4 Å². The Bertz CT molecular complexity index is 603. The summed E-state index contributed by atoms with van der Waals surface area (Å²) in [6.45, 7) is 4.57. The normalized spacial score (nSPS) is 12.6. The summed E-state index contributed by atoms with van der Waals surface area (Å²) in [5.74, 6) is -0.584.